The van der Waals surface area contributed by atoms with Gasteiger partial charge in [-0.05, 0) is 57.1 Å². The van der Waals surface area contributed by atoms with Gasteiger partial charge in [0.15, 0.2) is 0 Å². The first-order valence-corrected chi connectivity index (χ1v) is 14.1. The van der Waals surface area contributed by atoms with E-state index in [2.05, 4.69) is 18.0 Å². The molecule has 2 heterocycles. The Kier molecular flexibility index (Phi) is 11.5. The maximum Gasteiger partial charge on any atom is 0.309 e. The number of hydrogen-bond donors (Lipinski definition) is 2. The van der Waals surface area contributed by atoms with Crippen molar-refractivity contribution < 1.29 is 24.5 Å². The van der Waals surface area contributed by atoms with Crippen molar-refractivity contribution in [3.8, 4) is 0 Å². The molecule has 36 heavy (non-hydrogen) atoms. The van der Waals surface area contributed by atoms with E-state index < -0.39 is 35.6 Å². The lowest BCUT2D eigenvalue weighted by molar-refractivity contribution is -0.154. The van der Waals surface area contributed by atoms with Gasteiger partial charge < -0.3 is 14.9 Å². The molecule has 2 rings (SSSR count). The summed E-state index contributed by atoms with van der Waals surface area (Å²) in [5.41, 5.74) is 1.85. The van der Waals surface area contributed by atoms with E-state index in [0.717, 1.165) is 48.4 Å². The van der Waals surface area contributed by atoms with Crippen molar-refractivity contribution in [3.05, 3.63) is 33.3 Å². The Morgan fingerprint density at radius 2 is 1.97 bits per heavy atom. The van der Waals surface area contributed by atoms with Crippen LogP contribution in [0.3, 0.4) is 0 Å². The first-order chi connectivity index (χ1) is 16.9. The largest absolute Gasteiger partial charge is 0.457 e. The van der Waals surface area contributed by atoms with E-state index >= 15 is 0 Å². The van der Waals surface area contributed by atoms with Crippen LogP contribution >= 0.6 is 11.3 Å². The Labute approximate surface area is 220 Å². The molecule has 0 aliphatic carbocycles. The Morgan fingerprint density at radius 1 is 1.28 bits per heavy atom. The first kappa shape index (κ1) is 30.4. The zero-order valence-corrected chi connectivity index (χ0v) is 23.9. The summed E-state index contributed by atoms with van der Waals surface area (Å²) in [4.78, 5) is 30.7. The summed E-state index contributed by atoms with van der Waals surface area (Å²) in [6.45, 7) is 13.0. The molecule has 1 aromatic rings. The third kappa shape index (κ3) is 8.35. The van der Waals surface area contributed by atoms with Gasteiger partial charge in [0.25, 0.3) is 0 Å². The molecule has 0 radical (unpaired) electrons. The average Bonchev–Trinajstić information content (AvgIpc) is 3.23. The first-order valence-electron chi connectivity index (χ1n) is 13.2. The minimum absolute atomic E-state index is 0.0443. The highest BCUT2D eigenvalue weighted by Gasteiger charge is 2.42. The average molecular weight is 520 g/mol. The molecule has 5 atom stereocenters. The van der Waals surface area contributed by atoms with Crippen molar-refractivity contribution in [1.29, 1.82) is 0 Å². The fourth-order valence-corrected chi connectivity index (χ4v) is 5.43. The molecule has 7 heteroatoms. The summed E-state index contributed by atoms with van der Waals surface area (Å²) in [6.07, 6.45) is 6.51. The summed E-state index contributed by atoms with van der Waals surface area (Å²) in [7, 11) is 0. The molecule has 0 saturated heterocycles. The number of rotatable bonds is 4. The minimum atomic E-state index is -1.22. The van der Waals surface area contributed by atoms with Crippen molar-refractivity contribution in [1.82, 2.24) is 4.98 Å². The van der Waals surface area contributed by atoms with Crippen LogP contribution in [0, 0.1) is 24.2 Å². The number of cyclic esters (lactones) is 1. The number of Topliss-reactive ketones (excluding diaryl/α,β-unsaturated/α-hetero) is 1. The number of carbonyl (C=O) groups excluding carboxylic acids is 2. The third-order valence-corrected chi connectivity index (χ3v) is 8.27. The van der Waals surface area contributed by atoms with E-state index in [9.17, 15) is 19.8 Å². The van der Waals surface area contributed by atoms with Crippen molar-refractivity contribution >= 4 is 29.2 Å². The normalized spacial score (nSPS) is 29.5. The fraction of sp³-hybridized carbons (Fsp3) is 0.690. The maximum absolute atomic E-state index is 13.3. The number of carbonyl (C=O) groups is 2. The molecule has 0 unspecified atom stereocenters. The molecule has 202 valence electrons. The van der Waals surface area contributed by atoms with Gasteiger partial charge in [-0.25, -0.2) is 4.98 Å². The van der Waals surface area contributed by atoms with Crippen molar-refractivity contribution in [2.45, 2.75) is 112 Å². The fourth-order valence-electron chi connectivity index (χ4n) is 4.86. The summed E-state index contributed by atoms with van der Waals surface area (Å²) < 4.78 is 5.89. The van der Waals surface area contributed by atoms with Gasteiger partial charge in [-0.15, -0.1) is 11.3 Å². The lowest BCUT2D eigenvalue weighted by Gasteiger charge is -2.34. The highest BCUT2D eigenvalue weighted by molar-refractivity contribution is 7.09. The SMILES string of the molecule is CCCC1=CC[C@@H](C(C)=Cc2csc(C)n2)OC(=O)C[C@H](O)C(C)(C)C(=O)[C@H](C)[C@@H](O)[C@@H](C)CCC1. The smallest absolute Gasteiger partial charge is 0.309 e. The Bertz CT molecular complexity index is 947. The van der Waals surface area contributed by atoms with Gasteiger partial charge >= 0.3 is 5.97 Å². The number of aliphatic hydroxyl groups is 2. The predicted molar refractivity (Wildman–Crippen MR) is 146 cm³/mol. The maximum atomic E-state index is 13.3. The molecule has 0 bridgehead atoms. The van der Waals surface area contributed by atoms with Crippen LogP contribution in [0.1, 0.15) is 97.2 Å². The lowest BCUT2D eigenvalue weighted by Crippen LogP contribution is -2.45. The number of aromatic nitrogens is 1. The quantitative estimate of drug-likeness (QED) is 0.371. The number of aliphatic hydroxyl groups excluding tert-OH is 2. The molecule has 0 saturated carbocycles. The van der Waals surface area contributed by atoms with E-state index in [-0.39, 0.29) is 18.1 Å². The van der Waals surface area contributed by atoms with Crippen LogP contribution in [0.25, 0.3) is 6.08 Å². The summed E-state index contributed by atoms with van der Waals surface area (Å²) in [5, 5.41) is 24.7. The van der Waals surface area contributed by atoms with Crippen LogP contribution in [-0.2, 0) is 14.3 Å². The number of ether oxygens (including phenoxy) is 1. The Hall–Kier alpha value is -1.83. The Balaban J connectivity index is 2.39. The number of thiazole rings is 1. The zero-order valence-electron chi connectivity index (χ0n) is 23.0. The van der Waals surface area contributed by atoms with E-state index in [4.69, 9.17) is 4.74 Å². The molecule has 6 nitrogen and oxygen atoms in total. The predicted octanol–water partition coefficient (Wildman–Crippen LogP) is 6.05. The van der Waals surface area contributed by atoms with Crippen LogP contribution < -0.4 is 0 Å². The monoisotopic (exact) mass is 519 g/mol. The standard InChI is InChI=1S/C29H45NO5S/c1-8-10-22-12-9-11-18(2)27(33)20(4)28(34)29(6,7)25(31)16-26(32)35-24(14-13-22)19(3)15-23-17-36-21(5)30-23/h13,15,17-18,20,24-25,27,31,33H,8-12,14,16H2,1-7H3/t18-,20+,24-,25-,27-/m0/s1. The van der Waals surface area contributed by atoms with E-state index in [0.29, 0.717) is 6.42 Å². The van der Waals surface area contributed by atoms with Gasteiger partial charge in [-0.3, -0.25) is 9.59 Å². The van der Waals surface area contributed by atoms with Crippen molar-refractivity contribution in [2.75, 3.05) is 0 Å². The van der Waals surface area contributed by atoms with Crippen LogP contribution in [0.5, 0.6) is 0 Å². The minimum Gasteiger partial charge on any atom is -0.457 e. The van der Waals surface area contributed by atoms with E-state index in [1.165, 1.54) is 5.57 Å². The zero-order chi connectivity index (χ0) is 27.0. The van der Waals surface area contributed by atoms with Crippen molar-refractivity contribution in [2.24, 2.45) is 17.3 Å². The van der Waals surface area contributed by atoms with Crippen LogP contribution in [0.2, 0.25) is 0 Å². The van der Waals surface area contributed by atoms with Gasteiger partial charge in [0.05, 0.1) is 34.7 Å². The second-order valence-corrected chi connectivity index (χ2v) is 12.0. The summed E-state index contributed by atoms with van der Waals surface area (Å²) >= 11 is 1.57. The second kappa shape index (κ2) is 13.6. The van der Waals surface area contributed by atoms with Gasteiger partial charge in [0, 0.05) is 17.7 Å². The van der Waals surface area contributed by atoms with Gasteiger partial charge in [0.1, 0.15) is 11.9 Å². The number of allylic oxidation sites excluding steroid dienone is 1. The highest BCUT2D eigenvalue weighted by Crippen LogP contribution is 2.32. The second-order valence-electron chi connectivity index (χ2n) is 11.0. The molecule has 1 aliphatic heterocycles. The molecule has 2 N–H and O–H groups in total. The molecule has 0 spiro atoms. The van der Waals surface area contributed by atoms with Crippen LogP contribution in [0.15, 0.2) is 22.6 Å². The van der Waals surface area contributed by atoms with Crippen molar-refractivity contribution in [3.63, 3.8) is 0 Å². The molecular formula is C29H45NO5S. The van der Waals surface area contributed by atoms with Gasteiger partial charge in [-0.1, -0.05) is 52.7 Å². The lowest BCUT2D eigenvalue weighted by atomic mass is 9.73. The number of aryl methyl sites for hydroxylation is 1. The molecular weight excluding hydrogens is 474 g/mol. The number of esters is 1. The van der Waals surface area contributed by atoms with Gasteiger partial charge in [0.2, 0.25) is 0 Å². The Morgan fingerprint density at radius 3 is 2.58 bits per heavy atom. The summed E-state index contributed by atoms with van der Waals surface area (Å²) in [5.74, 6) is -1.47. The molecule has 0 aromatic carbocycles. The third-order valence-electron chi connectivity index (χ3n) is 7.48. The highest BCUT2D eigenvalue weighted by atomic mass is 32.1. The van der Waals surface area contributed by atoms with E-state index in [1.807, 2.05) is 32.2 Å². The molecule has 1 aliphatic rings. The number of ketones is 1. The molecule has 0 fully saturated rings. The van der Waals surface area contributed by atoms with Crippen LogP contribution in [-0.4, -0.2) is 45.3 Å². The van der Waals surface area contributed by atoms with Crippen LogP contribution in [0.4, 0.5) is 0 Å². The van der Waals surface area contributed by atoms with E-state index in [1.54, 1.807) is 32.1 Å². The molecule has 1 aromatic heterocycles. The number of hydrogen-bond acceptors (Lipinski definition) is 7. The number of nitrogens with zero attached hydrogens (tertiary/aromatic N) is 1. The topological polar surface area (TPSA) is 96.7 Å². The molecule has 0 amide bonds. The van der Waals surface area contributed by atoms with Gasteiger partial charge in [-0.2, -0.15) is 0 Å². The summed E-state index contributed by atoms with van der Waals surface area (Å²) in [6, 6.07) is 0.